The number of piperidine rings is 1. The lowest BCUT2D eigenvalue weighted by Gasteiger charge is -2.45. The maximum Gasteiger partial charge on any atom is 0.174 e. The maximum absolute atomic E-state index is 9.38. The molecule has 0 unspecified atom stereocenters. The van der Waals surface area contributed by atoms with Crippen molar-refractivity contribution in [1.29, 1.82) is 5.41 Å². The predicted molar refractivity (Wildman–Crippen MR) is 132 cm³/mol. The molecule has 0 atom stereocenters. The van der Waals surface area contributed by atoms with Crippen molar-refractivity contribution in [2.45, 2.75) is 31.1 Å². The van der Waals surface area contributed by atoms with Crippen LogP contribution in [0.15, 0.2) is 60.7 Å². The van der Waals surface area contributed by atoms with Crippen LogP contribution in [0.1, 0.15) is 24.0 Å². The molecule has 3 rings (SSSR count). The number of nitrogens with zero attached hydrogens (tertiary/aromatic N) is 2. The third kappa shape index (κ3) is 6.67. The van der Waals surface area contributed by atoms with Crippen LogP contribution in [0.4, 0.5) is 0 Å². The predicted octanol–water partition coefficient (Wildman–Crippen LogP) is 4.59. The van der Waals surface area contributed by atoms with Crippen LogP contribution < -0.4 is 0 Å². The van der Waals surface area contributed by atoms with Crippen LogP contribution in [0, 0.1) is 5.41 Å². The van der Waals surface area contributed by atoms with Crippen LogP contribution >= 0.6 is 24.8 Å². The summed E-state index contributed by atoms with van der Waals surface area (Å²) in [6, 6.07) is 20.9. The van der Waals surface area contributed by atoms with Crippen molar-refractivity contribution in [2.75, 3.05) is 40.9 Å². The normalized spacial score (nSPS) is 15.6. The SMILES string of the molecule is COC(CN(Cc1ccccc1)C(=N)C1(c2ccccc2)CCN(C)CC1)OC.Cl.Cl. The van der Waals surface area contributed by atoms with E-state index in [-0.39, 0.29) is 36.5 Å². The van der Waals surface area contributed by atoms with Crippen LogP contribution in [0.25, 0.3) is 0 Å². The van der Waals surface area contributed by atoms with Gasteiger partial charge in [0.25, 0.3) is 0 Å². The van der Waals surface area contributed by atoms with Crippen LogP contribution in [0.3, 0.4) is 0 Å². The highest BCUT2D eigenvalue weighted by atomic mass is 35.5. The molecule has 2 aromatic carbocycles. The third-order valence-electron chi connectivity index (χ3n) is 6.05. The van der Waals surface area contributed by atoms with Crippen LogP contribution in [-0.4, -0.2) is 62.8 Å². The lowest BCUT2D eigenvalue weighted by Crippen LogP contribution is -2.53. The summed E-state index contributed by atoms with van der Waals surface area (Å²) in [5.41, 5.74) is 2.11. The molecule has 0 aromatic heterocycles. The van der Waals surface area contributed by atoms with Crippen molar-refractivity contribution >= 4 is 30.6 Å². The van der Waals surface area contributed by atoms with E-state index in [1.54, 1.807) is 14.2 Å². The number of benzene rings is 2. The lowest BCUT2D eigenvalue weighted by molar-refractivity contribution is -0.110. The highest BCUT2D eigenvalue weighted by Crippen LogP contribution is 2.38. The summed E-state index contributed by atoms with van der Waals surface area (Å²) < 4.78 is 11.0. The first-order valence-corrected chi connectivity index (χ1v) is 10.3. The van der Waals surface area contributed by atoms with E-state index in [9.17, 15) is 5.41 Å². The molecule has 31 heavy (non-hydrogen) atoms. The lowest BCUT2D eigenvalue weighted by atomic mass is 9.71. The van der Waals surface area contributed by atoms with Gasteiger partial charge in [-0.3, -0.25) is 5.41 Å². The van der Waals surface area contributed by atoms with E-state index in [0.29, 0.717) is 18.9 Å². The van der Waals surface area contributed by atoms with Gasteiger partial charge < -0.3 is 19.3 Å². The number of likely N-dealkylation sites (tertiary alicyclic amines) is 1. The largest absolute Gasteiger partial charge is 0.354 e. The van der Waals surface area contributed by atoms with E-state index >= 15 is 0 Å². The highest BCUT2D eigenvalue weighted by molar-refractivity contribution is 5.91. The van der Waals surface area contributed by atoms with Gasteiger partial charge in [-0.25, -0.2) is 0 Å². The van der Waals surface area contributed by atoms with E-state index in [1.165, 1.54) is 11.1 Å². The van der Waals surface area contributed by atoms with E-state index in [0.717, 1.165) is 25.9 Å². The molecule has 172 valence electrons. The summed E-state index contributed by atoms with van der Waals surface area (Å²) >= 11 is 0. The fourth-order valence-electron chi connectivity index (χ4n) is 4.19. The third-order valence-corrected chi connectivity index (χ3v) is 6.05. The monoisotopic (exact) mass is 467 g/mol. The summed E-state index contributed by atoms with van der Waals surface area (Å²) in [6.45, 7) is 3.14. The maximum atomic E-state index is 9.38. The van der Waals surface area contributed by atoms with Gasteiger partial charge in [0, 0.05) is 20.8 Å². The Hall–Kier alpha value is -1.63. The van der Waals surface area contributed by atoms with Gasteiger partial charge in [0.05, 0.1) is 12.0 Å². The van der Waals surface area contributed by atoms with Crippen LogP contribution in [-0.2, 0) is 21.4 Å². The molecule has 0 saturated carbocycles. The molecule has 1 heterocycles. The molecule has 1 saturated heterocycles. The van der Waals surface area contributed by atoms with Crippen molar-refractivity contribution < 1.29 is 9.47 Å². The number of halogens is 2. The van der Waals surface area contributed by atoms with Gasteiger partial charge in [0.2, 0.25) is 0 Å². The number of rotatable bonds is 8. The number of hydrogen-bond acceptors (Lipinski definition) is 4. The molecule has 0 spiro atoms. The summed E-state index contributed by atoms with van der Waals surface area (Å²) in [5.74, 6) is 0.653. The van der Waals surface area contributed by atoms with Gasteiger partial charge in [0.1, 0.15) is 5.84 Å². The van der Waals surface area contributed by atoms with Gasteiger partial charge in [-0.15, -0.1) is 24.8 Å². The quantitative estimate of drug-likeness (QED) is 0.350. The van der Waals surface area contributed by atoms with Crippen molar-refractivity contribution in [1.82, 2.24) is 9.80 Å². The van der Waals surface area contributed by atoms with Crippen LogP contribution in [0.2, 0.25) is 0 Å². The first-order chi connectivity index (χ1) is 14.1. The Bertz CT molecular complexity index is 765. The Kier molecular flexibility index (Phi) is 11.5. The number of hydrogen-bond donors (Lipinski definition) is 1. The Morgan fingerprint density at radius 2 is 1.48 bits per heavy atom. The number of methoxy groups -OCH3 is 2. The molecule has 0 aliphatic carbocycles. The average molecular weight is 468 g/mol. The van der Waals surface area contributed by atoms with Gasteiger partial charge in [-0.2, -0.15) is 0 Å². The summed E-state index contributed by atoms with van der Waals surface area (Å²) in [5, 5.41) is 9.38. The Labute approximate surface area is 199 Å². The Morgan fingerprint density at radius 3 is 2.00 bits per heavy atom. The van der Waals surface area contributed by atoms with Crippen molar-refractivity contribution in [3.63, 3.8) is 0 Å². The van der Waals surface area contributed by atoms with Crippen molar-refractivity contribution in [3.8, 4) is 0 Å². The summed E-state index contributed by atoms with van der Waals surface area (Å²) in [6.07, 6.45) is 1.49. The zero-order valence-electron chi connectivity index (χ0n) is 18.6. The van der Waals surface area contributed by atoms with Gasteiger partial charge in [0.15, 0.2) is 6.29 Å². The van der Waals surface area contributed by atoms with E-state index in [1.807, 2.05) is 24.3 Å². The molecule has 1 fully saturated rings. The molecule has 0 bridgehead atoms. The number of ether oxygens (including phenoxy) is 2. The molecule has 1 aliphatic rings. The van der Waals surface area contributed by atoms with Gasteiger partial charge in [-0.05, 0) is 44.1 Å². The molecule has 0 radical (unpaired) electrons. The fraction of sp³-hybridized carbons (Fsp3) is 0.458. The van der Waals surface area contributed by atoms with Gasteiger partial charge >= 0.3 is 0 Å². The summed E-state index contributed by atoms with van der Waals surface area (Å²) in [7, 11) is 5.47. The summed E-state index contributed by atoms with van der Waals surface area (Å²) in [4.78, 5) is 4.48. The van der Waals surface area contributed by atoms with E-state index in [4.69, 9.17) is 9.47 Å². The van der Waals surface area contributed by atoms with Crippen molar-refractivity contribution in [3.05, 3.63) is 71.8 Å². The average Bonchev–Trinajstić information content (AvgIpc) is 2.78. The standard InChI is InChI=1S/C24H33N3O2.2ClH/c1-26-16-14-24(15-17-26,21-12-8-5-9-13-21)23(25)27(19-22(28-2)29-3)18-20-10-6-4-7-11-20;;/h4-13,22,25H,14-19H2,1-3H3;2*1H. The van der Waals surface area contributed by atoms with Crippen LogP contribution in [0.5, 0.6) is 0 Å². The molecule has 5 nitrogen and oxygen atoms in total. The molecular formula is C24H35Cl2N3O2. The number of nitrogens with one attached hydrogen (secondary N) is 1. The minimum Gasteiger partial charge on any atom is -0.354 e. The molecule has 2 aromatic rings. The highest BCUT2D eigenvalue weighted by Gasteiger charge is 2.42. The molecule has 0 amide bonds. The topological polar surface area (TPSA) is 48.8 Å². The first-order valence-electron chi connectivity index (χ1n) is 10.3. The second kappa shape index (κ2) is 13.0. The smallest absolute Gasteiger partial charge is 0.174 e. The molecule has 1 N–H and O–H groups in total. The molecule has 7 heteroatoms. The van der Waals surface area contributed by atoms with Gasteiger partial charge in [-0.1, -0.05) is 60.7 Å². The minimum atomic E-state index is -0.377. The zero-order chi connectivity index (χ0) is 20.7. The fourth-order valence-corrected chi connectivity index (χ4v) is 4.19. The second-order valence-electron chi connectivity index (χ2n) is 7.87. The molecular weight excluding hydrogens is 433 g/mol. The second-order valence-corrected chi connectivity index (χ2v) is 7.87. The zero-order valence-corrected chi connectivity index (χ0v) is 20.3. The Balaban J connectivity index is 0.00000240. The minimum absolute atomic E-state index is 0. The van der Waals surface area contributed by atoms with E-state index < -0.39 is 0 Å². The Morgan fingerprint density at radius 1 is 0.968 bits per heavy atom. The molecule has 1 aliphatic heterocycles. The van der Waals surface area contributed by atoms with E-state index in [2.05, 4.69) is 53.2 Å². The first kappa shape index (κ1) is 27.4. The number of amidine groups is 1. The van der Waals surface area contributed by atoms with Crippen molar-refractivity contribution in [2.24, 2.45) is 0 Å².